The van der Waals surface area contributed by atoms with Gasteiger partial charge < -0.3 is 19.7 Å². The van der Waals surface area contributed by atoms with Gasteiger partial charge in [0.05, 0.1) is 0 Å². The maximum Gasteiger partial charge on any atom is 0.408 e. The first-order valence-electron chi connectivity index (χ1n) is 6.98. The highest BCUT2D eigenvalue weighted by Gasteiger charge is 2.34. The molecule has 0 bridgehead atoms. The summed E-state index contributed by atoms with van der Waals surface area (Å²) in [7, 11) is 3.33. The minimum Gasteiger partial charge on any atom is -0.436 e. The van der Waals surface area contributed by atoms with Gasteiger partial charge >= 0.3 is 6.09 Å². The van der Waals surface area contributed by atoms with Crippen molar-refractivity contribution < 1.29 is 19.1 Å². The number of alkyl carbamates (subject to hydrolysis) is 1. The van der Waals surface area contributed by atoms with Crippen molar-refractivity contribution in [3.8, 4) is 0 Å². The first kappa shape index (κ1) is 16.8. The molecule has 1 rings (SSSR count). The number of rotatable bonds is 3. The van der Waals surface area contributed by atoms with Crippen LogP contribution in [0, 0.1) is 5.92 Å². The number of nitrogens with one attached hydrogen (secondary N) is 1. The fourth-order valence-electron chi connectivity index (χ4n) is 2.07. The van der Waals surface area contributed by atoms with E-state index < -0.39 is 17.7 Å². The Morgan fingerprint density at radius 2 is 1.80 bits per heavy atom. The maximum absolute atomic E-state index is 12.2. The van der Waals surface area contributed by atoms with E-state index in [-0.39, 0.29) is 11.8 Å². The van der Waals surface area contributed by atoms with E-state index >= 15 is 0 Å². The summed E-state index contributed by atoms with van der Waals surface area (Å²) in [6.07, 6.45) is 0.167. The van der Waals surface area contributed by atoms with E-state index in [1.165, 1.54) is 4.90 Å². The Hall–Kier alpha value is -1.30. The molecular formula is C14H26N2O4. The van der Waals surface area contributed by atoms with Gasteiger partial charge in [0.25, 0.3) is 5.91 Å². The van der Waals surface area contributed by atoms with Crippen molar-refractivity contribution in [2.45, 2.75) is 45.3 Å². The summed E-state index contributed by atoms with van der Waals surface area (Å²) >= 11 is 0. The average Bonchev–Trinajstić information content (AvgIpc) is 2.34. The second kappa shape index (κ2) is 6.92. The summed E-state index contributed by atoms with van der Waals surface area (Å²) in [6.45, 7) is 6.81. The number of ether oxygens (including phenoxy) is 2. The molecule has 20 heavy (non-hydrogen) atoms. The molecule has 1 aliphatic heterocycles. The third kappa shape index (κ3) is 5.36. The van der Waals surface area contributed by atoms with Crippen molar-refractivity contribution in [2.75, 3.05) is 27.3 Å². The molecule has 0 aliphatic carbocycles. The number of hydrogen-bond donors (Lipinski definition) is 1. The number of amides is 2. The zero-order valence-electron chi connectivity index (χ0n) is 13.1. The summed E-state index contributed by atoms with van der Waals surface area (Å²) in [6, 6.07) is 0. The summed E-state index contributed by atoms with van der Waals surface area (Å²) in [5.41, 5.74) is -0.390. The first-order valence-corrected chi connectivity index (χ1v) is 6.98. The smallest absolute Gasteiger partial charge is 0.408 e. The molecule has 0 aromatic rings. The van der Waals surface area contributed by atoms with Crippen LogP contribution in [0.15, 0.2) is 0 Å². The highest BCUT2D eigenvalue weighted by Crippen LogP contribution is 2.22. The lowest BCUT2D eigenvalue weighted by molar-refractivity contribution is -0.142. The van der Waals surface area contributed by atoms with Crippen LogP contribution in [0.4, 0.5) is 4.79 Å². The van der Waals surface area contributed by atoms with Crippen molar-refractivity contribution in [1.82, 2.24) is 10.2 Å². The Morgan fingerprint density at radius 1 is 1.25 bits per heavy atom. The first-order chi connectivity index (χ1) is 9.20. The topological polar surface area (TPSA) is 67.9 Å². The fraction of sp³-hybridized carbons (Fsp3) is 0.857. The maximum atomic E-state index is 12.2. The number of nitrogens with zero attached hydrogens (tertiary/aromatic N) is 1. The molecule has 116 valence electrons. The predicted octanol–water partition coefficient (Wildman–Crippen LogP) is 1.39. The van der Waals surface area contributed by atoms with Crippen LogP contribution in [0.1, 0.15) is 33.6 Å². The second-order valence-electron chi connectivity index (χ2n) is 6.38. The van der Waals surface area contributed by atoms with Crippen LogP contribution in [0.5, 0.6) is 0 Å². The Morgan fingerprint density at radius 3 is 2.25 bits per heavy atom. The van der Waals surface area contributed by atoms with Crippen LogP contribution in [0.2, 0.25) is 0 Å². The van der Waals surface area contributed by atoms with E-state index in [0.717, 1.165) is 12.8 Å². The number of likely N-dealkylation sites (N-methyl/N-ethyl adjacent to an activating group) is 1. The third-order valence-electron chi connectivity index (χ3n) is 3.09. The lowest BCUT2D eigenvalue weighted by atomic mass is 9.93. The molecule has 0 spiro atoms. The quantitative estimate of drug-likeness (QED) is 0.851. The molecular weight excluding hydrogens is 260 g/mol. The average molecular weight is 286 g/mol. The van der Waals surface area contributed by atoms with Gasteiger partial charge in [-0.15, -0.1) is 0 Å². The molecule has 1 fully saturated rings. The van der Waals surface area contributed by atoms with Crippen molar-refractivity contribution >= 4 is 12.0 Å². The predicted molar refractivity (Wildman–Crippen MR) is 75.4 cm³/mol. The molecule has 6 nitrogen and oxygen atoms in total. The standard InChI is InChI=1S/C14H26N2O4/c1-14(2,3)15-13(18)20-11(12(17)16(4)5)10-6-8-19-9-7-10/h10-11H,6-9H2,1-5H3,(H,15,18)/t11-/m0/s1. The molecule has 1 aliphatic rings. The van der Waals surface area contributed by atoms with Gasteiger partial charge in [-0.05, 0) is 33.6 Å². The van der Waals surface area contributed by atoms with E-state index in [1.54, 1.807) is 14.1 Å². The van der Waals surface area contributed by atoms with Gasteiger partial charge in [0.1, 0.15) is 0 Å². The van der Waals surface area contributed by atoms with Gasteiger partial charge in [0.15, 0.2) is 6.10 Å². The minimum atomic E-state index is -0.740. The van der Waals surface area contributed by atoms with Crippen molar-refractivity contribution in [2.24, 2.45) is 5.92 Å². The fourth-order valence-corrected chi connectivity index (χ4v) is 2.07. The van der Waals surface area contributed by atoms with Gasteiger partial charge in [0, 0.05) is 38.8 Å². The lowest BCUT2D eigenvalue weighted by Crippen LogP contribution is -2.48. The summed E-state index contributed by atoms with van der Waals surface area (Å²) in [5.74, 6) is -0.162. The summed E-state index contributed by atoms with van der Waals surface area (Å²) < 4.78 is 10.7. The summed E-state index contributed by atoms with van der Waals surface area (Å²) in [4.78, 5) is 25.6. The SMILES string of the molecule is CN(C)C(=O)[C@@H](OC(=O)NC(C)(C)C)C1CCOCC1. The highest BCUT2D eigenvalue weighted by atomic mass is 16.6. The molecule has 1 heterocycles. The Kier molecular flexibility index (Phi) is 5.80. The Labute approximate surface area is 120 Å². The number of carbonyl (C=O) groups is 2. The molecule has 6 heteroatoms. The molecule has 0 aromatic heterocycles. The van der Waals surface area contributed by atoms with E-state index in [1.807, 2.05) is 20.8 Å². The molecule has 0 unspecified atom stereocenters. The van der Waals surface area contributed by atoms with Crippen LogP contribution in [0.3, 0.4) is 0 Å². The molecule has 1 saturated heterocycles. The lowest BCUT2D eigenvalue weighted by Gasteiger charge is -2.31. The third-order valence-corrected chi connectivity index (χ3v) is 3.09. The molecule has 0 radical (unpaired) electrons. The van der Waals surface area contributed by atoms with E-state index in [0.29, 0.717) is 13.2 Å². The number of hydrogen-bond acceptors (Lipinski definition) is 4. The van der Waals surface area contributed by atoms with Crippen LogP contribution >= 0.6 is 0 Å². The Bertz CT molecular complexity index is 344. The monoisotopic (exact) mass is 286 g/mol. The van der Waals surface area contributed by atoms with Crippen LogP contribution < -0.4 is 5.32 Å². The zero-order valence-corrected chi connectivity index (χ0v) is 13.1. The van der Waals surface area contributed by atoms with Crippen LogP contribution in [-0.2, 0) is 14.3 Å². The van der Waals surface area contributed by atoms with Crippen molar-refractivity contribution in [3.63, 3.8) is 0 Å². The van der Waals surface area contributed by atoms with E-state index in [9.17, 15) is 9.59 Å². The second-order valence-corrected chi connectivity index (χ2v) is 6.38. The van der Waals surface area contributed by atoms with E-state index in [2.05, 4.69) is 5.32 Å². The van der Waals surface area contributed by atoms with Gasteiger partial charge in [-0.25, -0.2) is 4.79 Å². The van der Waals surface area contributed by atoms with Crippen molar-refractivity contribution in [1.29, 1.82) is 0 Å². The zero-order chi connectivity index (χ0) is 15.3. The molecule has 0 aromatic carbocycles. The van der Waals surface area contributed by atoms with Gasteiger partial charge in [-0.2, -0.15) is 0 Å². The van der Waals surface area contributed by atoms with Crippen LogP contribution in [0.25, 0.3) is 0 Å². The molecule has 0 saturated carbocycles. The highest BCUT2D eigenvalue weighted by molar-refractivity contribution is 5.83. The van der Waals surface area contributed by atoms with Gasteiger partial charge in [-0.1, -0.05) is 0 Å². The van der Waals surface area contributed by atoms with Crippen LogP contribution in [-0.4, -0.2) is 55.9 Å². The van der Waals surface area contributed by atoms with Crippen molar-refractivity contribution in [3.05, 3.63) is 0 Å². The summed E-state index contributed by atoms with van der Waals surface area (Å²) in [5, 5.41) is 2.72. The Balaban J connectivity index is 2.72. The van der Waals surface area contributed by atoms with E-state index in [4.69, 9.17) is 9.47 Å². The molecule has 1 atom stereocenters. The number of carbonyl (C=O) groups excluding carboxylic acids is 2. The van der Waals surface area contributed by atoms with Gasteiger partial charge in [0.2, 0.25) is 0 Å². The molecule has 2 amide bonds. The van der Waals surface area contributed by atoms with Gasteiger partial charge in [-0.3, -0.25) is 4.79 Å². The normalized spacial score (nSPS) is 18.2. The largest absolute Gasteiger partial charge is 0.436 e. The molecule has 1 N–H and O–H groups in total. The minimum absolute atomic E-state index is 0.0179.